The van der Waals surface area contributed by atoms with Gasteiger partial charge in [0.15, 0.2) is 0 Å². The van der Waals surface area contributed by atoms with Crippen molar-refractivity contribution in [2.75, 3.05) is 33.0 Å². The average molecular weight is 328 g/mol. The van der Waals surface area contributed by atoms with Gasteiger partial charge in [-0.25, -0.2) is 8.42 Å². The van der Waals surface area contributed by atoms with Crippen LogP contribution in [0.4, 0.5) is 0 Å². The van der Waals surface area contributed by atoms with Crippen LogP contribution in [0.25, 0.3) is 0 Å². The first-order valence-electron chi connectivity index (χ1n) is 7.21. The summed E-state index contributed by atoms with van der Waals surface area (Å²) in [5, 5.41) is 2.74. The second-order valence-corrected chi connectivity index (χ2v) is 7.03. The quantitative estimate of drug-likeness (QED) is 0.734. The zero-order valence-electron chi connectivity index (χ0n) is 13.3. The summed E-state index contributed by atoms with van der Waals surface area (Å²) in [5.74, 6) is 0.483. The highest BCUT2D eigenvalue weighted by atomic mass is 32.2. The topological polar surface area (TPSA) is 75.7 Å². The zero-order valence-corrected chi connectivity index (χ0v) is 14.1. The fourth-order valence-electron chi connectivity index (χ4n) is 2.00. The Bertz CT molecular complexity index is 587. The van der Waals surface area contributed by atoms with Crippen molar-refractivity contribution in [2.45, 2.75) is 19.8 Å². The highest BCUT2D eigenvalue weighted by Gasteiger charge is 2.18. The van der Waals surface area contributed by atoms with Crippen molar-refractivity contribution in [1.29, 1.82) is 0 Å². The highest BCUT2D eigenvalue weighted by Crippen LogP contribution is 2.12. The Kier molecular flexibility index (Phi) is 7.34. The molecule has 0 bridgehead atoms. The van der Waals surface area contributed by atoms with Gasteiger partial charge in [0.1, 0.15) is 5.75 Å². The summed E-state index contributed by atoms with van der Waals surface area (Å²) in [4.78, 5) is 11.8. The Morgan fingerprint density at radius 3 is 2.68 bits per heavy atom. The van der Waals surface area contributed by atoms with Gasteiger partial charge in [0.2, 0.25) is 15.9 Å². The van der Waals surface area contributed by atoms with E-state index >= 15 is 0 Å². The summed E-state index contributed by atoms with van der Waals surface area (Å²) in [6.07, 6.45) is 2.45. The molecule has 0 aromatic heterocycles. The molecule has 0 saturated heterocycles. The molecule has 1 amide bonds. The molecule has 124 valence electrons. The second kappa shape index (κ2) is 8.75. The first-order chi connectivity index (χ1) is 10.4. The number of carbonyl (C=O) groups is 1. The van der Waals surface area contributed by atoms with E-state index in [0.29, 0.717) is 25.9 Å². The maximum Gasteiger partial charge on any atom is 0.235 e. The SMILES string of the molecule is CCCN(CC(=O)NCCc1cccc(OC)c1)S(C)(=O)=O. The number of hydrogen-bond acceptors (Lipinski definition) is 4. The predicted octanol–water partition coefficient (Wildman–Crippen LogP) is 1.03. The Morgan fingerprint density at radius 2 is 2.09 bits per heavy atom. The van der Waals surface area contributed by atoms with Gasteiger partial charge in [0.05, 0.1) is 19.9 Å². The van der Waals surface area contributed by atoms with E-state index in [9.17, 15) is 13.2 Å². The molecule has 0 aliphatic heterocycles. The molecule has 6 nitrogen and oxygen atoms in total. The normalized spacial score (nSPS) is 11.5. The van der Waals surface area contributed by atoms with Gasteiger partial charge in [-0.1, -0.05) is 19.1 Å². The minimum absolute atomic E-state index is 0.134. The third-order valence-corrected chi connectivity index (χ3v) is 4.38. The van der Waals surface area contributed by atoms with E-state index in [1.54, 1.807) is 7.11 Å². The molecule has 0 saturated carbocycles. The van der Waals surface area contributed by atoms with Crippen molar-refractivity contribution in [3.05, 3.63) is 29.8 Å². The lowest BCUT2D eigenvalue weighted by Gasteiger charge is -2.18. The van der Waals surface area contributed by atoms with Crippen molar-refractivity contribution < 1.29 is 17.9 Å². The Labute approximate surface area is 132 Å². The van der Waals surface area contributed by atoms with Crippen molar-refractivity contribution >= 4 is 15.9 Å². The molecule has 0 aliphatic carbocycles. The molecule has 0 atom stereocenters. The number of amides is 1. The molecule has 1 aromatic rings. The van der Waals surface area contributed by atoms with Crippen LogP contribution in [-0.4, -0.2) is 51.6 Å². The smallest absolute Gasteiger partial charge is 0.235 e. The third-order valence-electron chi connectivity index (χ3n) is 3.13. The zero-order chi connectivity index (χ0) is 16.6. The van der Waals surface area contributed by atoms with Gasteiger partial charge < -0.3 is 10.1 Å². The number of hydrogen-bond donors (Lipinski definition) is 1. The number of ether oxygens (including phenoxy) is 1. The van der Waals surface area contributed by atoms with E-state index in [4.69, 9.17) is 4.74 Å². The minimum Gasteiger partial charge on any atom is -0.497 e. The number of sulfonamides is 1. The van der Waals surface area contributed by atoms with Crippen LogP contribution in [0.5, 0.6) is 5.75 Å². The second-order valence-electron chi connectivity index (χ2n) is 5.05. The fourth-order valence-corrected chi connectivity index (χ4v) is 2.87. The fraction of sp³-hybridized carbons (Fsp3) is 0.533. The highest BCUT2D eigenvalue weighted by molar-refractivity contribution is 7.88. The van der Waals surface area contributed by atoms with E-state index in [1.165, 1.54) is 4.31 Å². The predicted molar refractivity (Wildman–Crippen MR) is 86.4 cm³/mol. The van der Waals surface area contributed by atoms with Crippen LogP contribution < -0.4 is 10.1 Å². The van der Waals surface area contributed by atoms with Crippen LogP contribution >= 0.6 is 0 Å². The minimum atomic E-state index is -3.35. The van der Waals surface area contributed by atoms with E-state index in [1.807, 2.05) is 31.2 Å². The van der Waals surface area contributed by atoms with E-state index in [0.717, 1.165) is 17.6 Å². The molecule has 1 N–H and O–H groups in total. The summed E-state index contributed by atoms with van der Waals surface area (Å²) in [7, 11) is -1.75. The maximum atomic E-state index is 11.8. The van der Waals surface area contributed by atoms with Gasteiger partial charge in [0.25, 0.3) is 0 Å². The average Bonchev–Trinajstić information content (AvgIpc) is 2.46. The van der Waals surface area contributed by atoms with Gasteiger partial charge >= 0.3 is 0 Å². The first-order valence-corrected chi connectivity index (χ1v) is 9.06. The van der Waals surface area contributed by atoms with E-state index < -0.39 is 10.0 Å². The molecule has 1 rings (SSSR count). The summed E-state index contributed by atoms with van der Waals surface area (Å²) < 4.78 is 29.4. The van der Waals surface area contributed by atoms with Crippen LogP contribution in [-0.2, 0) is 21.2 Å². The molecule has 0 aliphatic rings. The van der Waals surface area contributed by atoms with Crippen molar-refractivity contribution in [1.82, 2.24) is 9.62 Å². The Hall–Kier alpha value is -1.60. The number of carbonyl (C=O) groups excluding carboxylic acids is 1. The van der Waals surface area contributed by atoms with Gasteiger partial charge in [0, 0.05) is 13.1 Å². The molecular formula is C15H24N2O4S. The molecule has 0 radical (unpaired) electrons. The Balaban J connectivity index is 2.45. The van der Waals surface area contributed by atoms with E-state index in [2.05, 4.69) is 5.32 Å². The van der Waals surface area contributed by atoms with Crippen LogP contribution in [0.2, 0.25) is 0 Å². The van der Waals surface area contributed by atoms with Crippen LogP contribution in [0.3, 0.4) is 0 Å². The maximum absolute atomic E-state index is 11.8. The lowest BCUT2D eigenvalue weighted by atomic mass is 10.1. The summed E-state index contributed by atoms with van der Waals surface area (Å²) in [5.41, 5.74) is 1.05. The summed E-state index contributed by atoms with van der Waals surface area (Å²) in [6.45, 7) is 2.54. The van der Waals surface area contributed by atoms with Crippen molar-refractivity contribution in [3.63, 3.8) is 0 Å². The molecule has 0 unspecified atom stereocenters. The largest absolute Gasteiger partial charge is 0.497 e. The lowest BCUT2D eigenvalue weighted by Crippen LogP contribution is -2.41. The Morgan fingerprint density at radius 1 is 1.36 bits per heavy atom. The van der Waals surface area contributed by atoms with Crippen LogP contribution in [0.1, 0.15) is 18.9 Å². The van der Waals surface area contributed by atoms with Crippen molar-refractivity contribution in [3.8, 4) is 5.75 Å². The lowest BCUT2D eigenvalue weighted by molar-refractivity contribution is -0.121. The third kappa shape index (κ3) is 6.44. The number of nitrogens with one attached hydrogen (secondary N) is 1. The van der Waals surface area contributed by atoms with Crippen molar-refractivity contribution in [2.24, 2.45) is 0 Å². The first kappa shape index (κ1) is 18.4. The number of benzene rings is 1. The monoisotopic (exact) mass is 328 g/mol. The standard InChI is InChI=1S/C15H24N2O4S/c1-4-10-17(22(3,19)20)12-15(18)16-9-8-13-6-5-7-14(11-13)21-2/h5-7,11H,4,8-10,12H2,1-3H3,(H,16,18). The van der Waals surface area contributed by atoms with Crippen LogP contribution in [0.15, 0.2) is 24.3 Å². The molecule has 0 fully saturated rings. The summed E-state index contributed by atoms with van der Waals surface area (Å²) in [6, 6.07) is 7.61. The molecule has 0 spiro atoms. The molecule has 7 heteroatoms. The van der Waals surface area contributed by atoms with Gasteiger partial charge in [-0.2, -0.15) is 4.31 Å². The summed E-state index contributed by atoms with van der Waals surface area (Å²) >= 11 is 0. The van der Waals surface area contributed by atoms with Gasteiger partial charge in [-0.15, -0.1) is 0 Å². The van der Waals surface area contributed by atoms with E-state index in [-0.39, 0.29) is 12.5 Å². The van der Waals surface area contributed by atoms with Crippen LogP contribution in [0, 0.1) is 0 Å². The molecule has 22 heavy (non-hydrogen) atoms. The number of nitrogens with zero attached hydrogens (tertiary/aromatic N) is 1. The molecule has 0 heterocycles. The molecular weight excluding hydrogens is 304 g/mol. The number of rotatable bonds is 9. The molecule has 1 aromatic carbocycles. The number of methoxy groups -OCH3 is 1. The van der Waals surface area contributed by atoms with Gasteiger partial charge in [-0.3, -0.25) is 4.79 Å². The van der Waals surface area contributed by atoms with Gasteiger partial charge in [-0.05, 0) is 30.5 Å².